The van der Waals surface area contributed by atoms with Crippen LogP contribution in [0.3, 0.4) is 0 Å². The van der Waals surface area contributed by atoms with E-state index in [2.05, 4.69) is 18.8 Å². The molecular weight excluding hydrogens is 288 g/mol. The van der Waals surface area contributed by atoms with Crippen LogP contribution in [0.1, 0.15) is 84.5 Å². The number of carbonyl (C=O) groups is 2. The Morgan fingerprint density at radius 2 is 1.87 bits per heavy atom. The summed E-state index contributed by atoms with van der Waals surface area (Å²) in [7, 11) is 0. The van der Waals surface area contributed by atoms with Crippen molar-refractivity contribution in [1.29, 1.82) is 0 Å². The van der Waals surface area contributed by atoms with Crippen LogP contribution in [-0.4, -0.2) is 18.4 Å². The highest BCUT2D eigenvalue weighted by Gasteiger charge is 2.35. The predicted octanol–water partition coefficient (Wildman–Crippen LogP) is 4.68. The minimum Gasteiger partial charge on any atom is -0.466 e. The molecule has 1 aliphatic carbocycles. The molecule has 1 aliphatic rings. The van der Waals surface area contributed by atoms with Crippen LogP contribution >= 0.6 is 0 Å². The van der Waals surface area contributed by atoms with Gasteiger partial charge in [0, 0.05) is 31.6 Å². The quantitative estimate of drug-likeness (QED) is 0.333. The predicted molar refractivity (Wildman–Crippen MR) is 92.9 cm³/mol. The Kier molecular flexibility index (Phi) is 10.4. The van der Waals surface area contributed by atoms with Gasteiger partial charge in [0.05, 0.1) is 6.61 Å². The van der Waals surface area contributed by atoms with Crippen LogP contribution in [0.5, 0.6) is 0 Å². The van der Waals surface area contributed by atoms with Crippen LogP contribution in [-0.2, 0) is 14.3 Å². The molecule has 2 atom stereocenters. The molecule has 0 N–H and O–H groups in total. The first-order valence-corrected chi connectivity index (χ1v) is 9.33. The molecule has 3 heteroatoms. The van der Waals surface area contributed by atoms with E-state index in [0.29, 0.717) is 25.9 Å². The van der Waals surface area contributed by atoms with E-state index in [4.69, 9.17) is 4.74 Å². The van der Waals surface area contributed by atoms with Crippen molar-refractivity contribution < 1.29 is 14.3 Å². The third-order valence-corrected chi connectivity index (χ3v) is 4.56. The SMILES string of the molecule is CCC#CCC1C(=O)CCC1CC(=O)OCCCCCCCC. The van der Waals surface area contributed by atoms with E-state index in [0.717, 1.165) is 25.7 Å². The van der Waals surface area contributed by atoms with Gasteiger partial charge in [0.25, 0.3) is 0 Å². The van der Waals surface area contributed by atoms with E-state index in [-0.39, 0.29) is 23.6 Å². The summed E-state index contributed by atoms with van der Waals surface area (Å²) in [6, 6.07) is 0. The minimum atomic E-state index is -0.147. The lowest BCUT2D eigenvalue weighted by molar-refractivity contribution is -0.145. The molecule has 1 saturated carbocycles. The fourth-order valence-corrected chi connectivity index (χ4v) is 3.15. The molecule has 0 aliphatic heterocycles. The van der Waals surface area contributed by atoms with Gasteiger partial charge in [-0.05, 0) is 18.8 Å². The molecule has 3 nitrogen and oxygen atoms in total. The van der Waals surface area contributed by atoms with E-state index in [9.17, 15) is 9.59 Å². The molecule has 0 radical (unpaired) electrons. The smallest absolute Gasteiger partial charge is 0.306 e. The maximum absolute atomic E-state index is 11.9. The van der Waals surface area contributed by atoms with Gasteiger partial charge >= 0.3 is 5.97 Å². The molecule has 0 aromatic heterocycles. The number of unbranched alkanes of at least 4 members (excludes halogenated alkanes) is 5. The van der Waals surface area contributed by atoms with Crippen molar-refractivity contribution in [2.45, 2.75) is 84.5 Å². The number of esters is 1. The zero-order valence-corrected chi connectivity index (χ0v) is 14.9. The first-order chi connectivity index (χ1) is 11.2. The van der Waals surface area contributed by atoms with Crippen LogP contribution in [0.15, 0.2) is 0 Å². The largest absolute Gasteiger partial charge is 0.466 e. The number of carbonyl (C=O) groups excluding carboxylic acids is 2. The van der Waals surface area contributed by atoms with E-state index >= 15 is 0 Å². The van der Waals surface area contributed by atoms with Crippen molar-refractivity contribution in [3.8, 4) is 11.8 Å². The zero-order chi connectivity index (χ0) is 16.9. The Bertz CT molecular complexity index is 416. The molecule has 0 bridgehead atoms. The fourth-order valence-electron chi connectivity index (χ4n) is 3.15. The van der Waals surface area contributed by atoms with Gasteiger partial charge in [-0.3, -0.25) is 9.59 Å². The second kappa shape index (κ2) is 12.2. The van der Waals surface area contributed by atoms with Gasteiger partial charge < -0.3 is 4.74 Å². The average molecular weight is 320 g/mol. The lowest BCUT2D eigenvalue weighted by Crippen LogP contribution is -2.19. The van der Waals surface area contributed by atoms with Crippen LogP contribution < -0.4 is 0 Å². The summed E-state index contributed by atoms with van der Waals surface area (Å²) in [6.45, 7) is 4.73. The first-order valence-electron chi connectivity index (χ1n) is 9.33. The van der Waals surface area contributed by atoms with E-state index in [1.54, 1.807) is 0 Å². The normalized spacial score (nSPS) is 20.2. The zero-order valence-electron chi connectivity index (χ0n) is 14.9. The van der Waals surface area contributed by atoms with Crippen molar-refractivity contribution >= 4 is 11.8 Å². The number of ketones is 1. The molecular formula is C20H32O3. The number of Topliss-reactive ketones (excluding diaryl/α,β-unsaturated/α-hetero) is 1. The van der Waals surface area contributed by atoms with Gasteiger partial charge in [-0.15, -0.1) is 11.8 Å². The van der Waals surface area contributed by atoms with Gasteiger partial charge in [0.15, 0.2) is 0 Å². The average Bonchev–Trinajstić information content (AvgIpc) is 2.87. The van der Waals surface area contributed by atoms with Crippen molar-refractivity contribution in [3.63, 3.8) is 0 Å². The number of ether oxygens (including phenoxy) is 1. The number of rotatable bonds is 10. The van der Waals surface area contributed by atoms with Gasteiger partial charge in [0.2, 0.25) is 0 Å². The Morgan fingerprint density at radius 3 is 2.61 bits per heavy atom. The maximum atomic E-state index is 11.9. The highest BCUT2D eigenvalue weighted by Crippen LogP contribution is 2.33. The highest BCUT2D eigenvalue weighted by molar-refractivity contribution is 5.84. The monoisotopic (exact) mass is 320 g/mol. The van der Waals surface area contributed by atoms with Crippen LogP contribution in [0.2, 0.25) is 0 Å². The maximum Gasteiger partial charge on any atom is 0.306 e. The molecule has 0 amide bonds. The Hall–Kier alpha value is -1.30. The van der Waals surface area contributed by atoms with Crippen LogP contribution in [0, 0.1) is 23.7 Å². The van der Waals surface area contributed by atoms with Crippen LogP contribution in [0.25, 0.3) is 0 Å². The molecule has 0 spiro atoms. The Morgan fingerprint density at radius 1 is 1.13 bits per heavy atom. The summed E-state index contributed by atoms with van der Waals surface area (Å²) >= 11 is 0. The van der Waals surface area contributed by atoms with Gasteiger partial charge in [-0.2, -0.15) is 0 Å². The molecule has 23 heavy (non-hydrogen) atoms. The number of hydrogen-bond donors (Lipinski definition) is 0. The minimum absolute atomic E-state index is 0.0596. The van der Waals surface area contributed by atoms with Crippen molar-refractivity contribution in [2.75, 3.05) is 6.61 Å². The van der Waals surface area contributed by atoms with Gasteiger partial charge in [-0.25, -0.2) is 0 Å². The lowest BCUT2D eigenvalue weighted by Gasteiger charge is -2.15. The third-order valence-electron chi connectivity index (χ3n) is 4.56. The van der Waals surface area contributed by atoms with E-state index < -0.39 is 0 Å². The summed E-state index contributed by atoms with van der Waals surface area (Å²) in [6.07, 6.45) is 10.3. The van der Waals surface area contributed by atoms with E-state index in [1.807, 2.05) is 6.92 Å². The number of hydrogen-bond acceptors (Lipinski definition) is 3. The molecule has 0 aromatic rings. The Labute approximate surface area is 141 Å². The third kappa shape index (κ3) is 8.21. The molecule has 0 saturated heterocycles. The van der Waals surface area contributed by atoms with Gasteiger partial charge in [0.1, 0.15) is 5.78 Å². The van der Waals surface area contributed by atoms with Crippen molar-refractivity contribution in [3.05, 3.63) is 0 Å². The summed E-state index contributed by atoms with van der Waals surface area (Å²) < 4.78 is 5.33. The van der Waals surface area contributed by atoms with Crippen LogP contribution in [0.4, 0.5) is 0 Å². The molecule has 0 aromatic carbocycles. The lowest BCUT2D eigenvalue weighted by atomic mass is 9.90. The fraction of sp³-hybridized carbons (Fsp3) is 0.800. The first kappa shape index (κ1) is 19.7. The van der Waals surface area contributed by atoms with E-state index in [1.165, 1.54) is 25.7 Å². The molecule has 1 rings (SSSR count). The Balaban J connectivity index is 2.20. The molecule has 0 heterocycles. The van der Waals surface area contributed by atoms with Crippen molar-refractivity contribution in [1.82, 2.24) is 0 Å². The summed E-state index contributed by atoms with van der Waals surface area (Å²) in [4.78, 5) is 23.9. The van der Waals surface area contributed by atoms with Crippen molar-refractivity contribution in [2.24, 2.45) is 11.8 Å². The molecule has 130 valence electrons. The second-order valence-corrected chi connectivity index (χ2v) is 6.48. The second-order valence-electron chi connectivity index (χ2n) is 6.48. The van der Waals surface area contributed by atoms with Gasteiger partial charge in [-0.1, -0.05) is 46.0 Å². The summed E-state index contributed by atoms with van der Waals surface area (Å²) in [5.41, 5.74) is 0. The highest BCUT2D eigenvalue weighted by atomic mass is 16.5. The molecule has 2 unspecified atom stereocenters. The summed E-state index contributed by atoms with van der Waals surface area (Å²) in [5, 5.41) is 0. The standard InChI is InChI=1S/C20H32O3/c1-3-5-7-8-9-11-15-23-20(22)16-17-13-14-19(21)18(17)12-10-6-4-2/h17-18H,3-5,7-9,11-16H2,1-2H3. The summed E-state index contributed by atoms with van der Waals surface area (Å²) in [5.74, 6) is 6.27. The molecule has 1 fully saturated rings. The topological polar surface area (TPSA) is 43.4 Å².